The number of aromatic nitrogens is 2. The number of urea groups is 2. The Morgan fingerprint density at radius 2 is 1.85 bits per heavy atom. The molecule has 10 nitrogen and oxygen atoms in total. The minimum Gasteiger partial charge on any atom is -0.466 e. The fourth-order valence-corrected chi connectivity index (χ4v) is 4.33. The molecule has 216 valence electrons. The summed E-state index contributed by atoms with van der Waals surface area (Å²) in [5.41, 5.74) is 1.72. The average molecular weight is 589 g/mol. The third-order valence-corrected chi connectivity index (χ3v) is 6.23. The van der Waals surface area contributed by atoms with Crippen molar-refractivity contribution in [2.75, 3.05) is 27.4 Å². The summed E-state index contributed by atoms with van der Waals surface area (Å²) in [7, 11) is 2.48. The quantitative estimate of drug-likeness (QED) is 0.224. The van der Waals surface area contributed by atoms with Gasteiger partial charge in [0.25, 0.3) is 0 Å². The van der Waals surface area contributed by atoms with E-state index in [1.807, 2.05) is 47.3 Å². The van der Waals surface area contributed by atoms with Crippen molar-refractivity contribution in [2.24, 2.45) is 0 Å². The van der Waals surface area contributed by atoms with Crippen LogP contribution in [0.25, 0.3) is 11.3 Å². The molecular formula is C28H29ClF2N5O5+. The molecule has 2 aromatic heterocycles. The third-order valence-electron chi connectivity index (χ3n) is 6.23. The molecule has 3 heterocycles. The molecule has 1 aliphatic heterocycles. The number of nitrogens with zero attached hydrogens (tertiary/aromatic N) is 3. The molecule has 0 radical (unpaired) electrons. The van der Waals surface area contributed by atoms with Crippen molar-refractivity contribution in [3.63, 3.8) is 0 Å². The Hall–Kier alpha value is -4.42. The lowest BCUT2D eigenvalue weighted by Crippen LogP contribution is -2.55. The molecule has 0 saturated carbocycles. The molecule has 0 fully saturated rings. The lowest BCUT2D eigenvalue weighted by molar-refractivity contribution is -0.697. The van der Waals surface area contributed by atoms with Crippen molar-refractivity contribution < 1.29 is 37.2 Å². The van der Waals surface area contributed by atoms with E-state index in [0.29, 0.717) is 13.0 Å². The van der Waals surface area contributed by atoms with Crippen LogP contribution in [0.15, 0.2) is 78.4 Å². The maximum absolute atomic E-state index is 14.2. The van der Waals surface area contributed by atoms with Crippen molar-refractivity contribution >= 4 is 30.4 Å². The molecule has 13 heteroatoms. The van der Waals surface area contributed by atoms with Gasteiger partial charge in [0, 0.05) is 44.0 Å². The molecule has 0 bridgehead atoms. The maximum atomic E-state index is 14.2. The minimum absolute atomic E-state index is 0. The maximum Gasteiger partial charge on any atom is 0.338 e. The summed E-state index contributed by atoms with van der Waals surface area (Å²) in [6.07, 6.45) is 6.03. The van der Waals surface area contributed by atoms with Crippen molar-refractivity contribution in [3.05, 3.63) is 95.6 Å². The molecule has 1 aromatic carbocycles. The molecule has 0 spiro atoms. The van der Waals surface area contributed by atoms with E-state index in [0.717, 1.165) is 35.4 Å². The lowest BCUT2D eigenvalue weighted by Gasteiger charge is -2.36. The summed E-state index contributed by atoms with van der Waals surface area (Å²) in [5, 5.41) is 5.15. The number of aryl methyl sites for hydroxylation is 1. The van der Waals surface area contributed by atoms with E-state index >= 15 is 0 Å². The van der Waals surface area contributed by atoms with Crippen LogP contribution in [0.3, 0.4) is 0 Å². The number of carbonyl (C=O) groups excluding carboxylic acids is 3. The van der Waals surface area contributed by atoms with Gasteiger partial charge in [-0.05, 0) is 29.8 Å². The van der Waals surface area contributed by atoms with E-state index in [9.17, 15) is 23.2 Å². The number of pyridine rings is 2. The number of amides is 4. The summed E-state index contributed by atoms with van der Waals surface area (Å²) in [6.45, 7) is 0.555. The van der Waals surface area contributed by atoms with Crippen LogP contribution in [0.1, 0.15) is 18.0 Å². The van der Waals surface area contributed by atoms with Gasteiger partial charge in [-0.15, -0.1) is 12.4 Å². The number of carbonyl (C=O) groups is 3. The molecule has 4 amide bonds. The van der Waals surface area contributed by atoms with Gasteiger partial charge in [0.15, 0.2) is 24.0 Å². The van der Waals surface area contributed by atoms with Gasteiger partial charge in [0.2, 0.25) is 0 Å². The van der Waals surface area contributed by atoms with E-state index in [-0.39, 0.29) is 42.4 Å². The Balaban J connectivity index is 0.00000462. The molecule has 1 unspecified atom stereocenters. The monoisotopic (exact) mass is 588 g/mol. The second-order valence-electron chi connectivity index (χ2n) is 8.82. The molecule has 1 aliphatic rings. The average Bonchev–Trinajstić information content (AvgIpc) is 2.97. The van der Waals surface area contributed by atoms with Crippen molar-refractivity contribution in [2.45, 2.75) is 19.0 Å². The highest BCUT2D eigenvalue weighted by Gasteiger charge is 2.43. The lowest BCUT2D eigenvalue weighted by atomic mass is 9.93. The van der Waals surface area contributed by atoms with Crippen LogP contribution < -0.4 is 15.2 Å². The summed E-state index contributed by atoms with van der Waals surface area (Å²) in [5.74, 6) is -3.19. The number of nitrogens with one attached hydrogen (secondary N) is 2. The summed E-state index contributed by atoms with van der Waals surface area (Å²) < 4.78 is 39.8. The highest BCUT2D eigenvalue weighted by atomic mass is 35.5. The van der Waals surface area contributed by atoms with Crippen LogP contribution in [-0.2, 0) is 20.8 Å². The van der Waals surface area contributed by atoms with Gasteiger partial charge in [-0.25, -0.2) is 32.6 Å². The number of esters is 1. The molecular weight excluding hydrogens is 560 g/mol. The van der Waals surface area contributed by atoms with Crippen LogP contribution in [0.5, 0.6) is 0 Å². The Morgan fingerprint density at radius 1 is 1.10 bits per heavy atom. The Bertz CT molecular complexity index is 1420. The second kappa shape index (κ2) is 14.3. The van der Waals surface area contributed by atoms with Gasteiger partial charge in [-0.1, -0.05) is 12.1 Å². The van der Waals surface area contributed by atoms with Gasteiger partial charge in [0.05, 0.1) is 30.7 Å². The number of methoxy groups -OCH3 is 2. The Kier molecular flexibility index (Phi) is 10.8. The zero-order valence-electron chi connectivity index (χ0n) is 22.3. The van der Waals surface area contributed by atoms with Gasteiger partial charge >= 0.3 is 18.0 Å². The van der Waals surface area contributed by atoms with Gasteiger partial charge < -0.3 is 20.1 Å². The first kappa shape index (κ1) is 31.1. The van der Waals surface area contributed by atoms with Gasteiger partial charge in [-0.2, -0.15) is 0 Å². The largest absolute Gasteiger partial charge is 0.466 e. The summed E-state index contributed by atoms with van der Waals surface area (Å²) >= 11 is 0. The summed E-state index contributed by atoms with van der Waals surface area (Å²) in [6, 6.07) is 9.33. The van der Waals surface area contributed by atoms with Gasteiger partial charge in [0.1, 0.15) is 12.6 Å². The molecule has 4 rings (SSSR count). The summed E-state index contributed by atoms with van der Waals surface area (Å²) in [4.78, 5) is 44.1. The number of imide groups is 1. The molecule has 0 saturated heterocycles. The van der Waals surface area contributed by atoms with Crippen LogP contribution in [0, 0.1) is 11.6 Å². The van der Waals surface area contributed by atoms with Crippen LogP contribution in [0.4, 0.5) is 18.4 Å². The first-order valence-electron chi connectivity index (χ1n) is 12.4. The standard InChI is InChI=1S/C28H27F2N5O5.ClH/c1-39-17-23-24(26(36)40-2)25(19-7-8-20(29)21(30)16-19)35(28(38)33-23)27(37)32-12-5-13-34-14-9-18(10-15-34)22-6-3-4-11-31-22;/h3-4,6-11,14-16,25H,5,12-13,17H2,1-2H3,(H-,32,33,36,37,38);1H/p+1. The number of hydrogen-bond donors (Lipinski definition) is 2. The predicted octanol–water partition coefficient (Wildman–Crippen LogP) is 3.68. The van der Waals surface area contributed by atoms with Crippen molar-refractivity contribution in [1.29, 1.82) is 0 Å². The molecule has 3 aromatic rings. The highest BCUT2D eigenvalue weighted by molar-refractivity contribution is 6.01. The molecule has 0 aliphatic carbocycles. The SMILES string of the molecule is COCC1=C(C(=O)OC)C(c2ccc(F)c(F)c2)N(C(=O)NCCC[n+]2ccc(-c3ccccn3)cc2)C(=O)N1.Cl. The van der Waals surface area contributed by atoms with E-state index in [1.54, 1.807) is 6.20 Å². The van der Waals surface area contributed by atoms with Crippen LogP contribution in [-0.4, -0.2) is 55.3 Å². The van der Waals surface area contributed by atoms with Crippen LogP contribution >= 0.6 is 12.4 Å². The molecule has 1 atom stereocenters. The topological polar surface area (TPSA) is 114 Å². The smallest absolute Gasteiger partial charge is 0.338 e. The fraction of sp³-hybridized carbons (Fsp3) is 0.250. The third kappa shape index (κ3) is 7.21. The highest BCUT2D eigenvalue weighted by Crippen LogP contribution is 2.35. The van der Waals surface area contributed by atoms with E-state index in [1.165, 1.54) is 13.2 Å². The Labute approximate surface area is 241 Å². The molecule has 41 heavy (non-hydrogen) atoms. The Morgan fingerprint density at radius 3 is 2.49 bits per heavy atom. The zero-order valence-corrected chi connectivity index (χ0v) is 23.1. The van der Waals surface area contributed by atoms with Gasteiger partial charge in [-0.3, -0.25) is 4.98 Å². The first-order chi connectivity index (χ1) is 19.3. The fourth-order valence-electron chi connectivity index (χ4n) is 4.33. The van der Waals surface area contributed by atoms with E-state index in [4.69, 9.17) is 9.47 Å². The van der Waals surface area contributed by atoms with Crippen molar-refractivity contribution in [1.82, 2.24) is 20.5 Å². The normalized spacial score (nSPS) is 14.7. The van der Waals surface area contributed by atoms with Crippen LogP contribution in [0.2, 0.25) is 0 Å². The number of hydrogen-bond acceptors (Lipinski definition) is 6. The number of rotatable bonds is 9. The predicted molar refractivity (Wildman–Crippen MR) is 146 cm³/mol. The number of ether oxygens (including phenoxy) is 2. The first-order valence-corrected chi connectivity index (χ1v) is 12.4. The van der Waals surface area contributed by atoms with E-state index < -0.39 is 35.7 Å². The second-order valence-corrected chi connectivity index (χ2v) is 8.82. The molecule has 2 N–H and O–H groups in total. The zero-order chi connectivity index (χ0) is 28.6. The van der Waals surface area contributed by atoms with Crippen molar-refractivity contribution in [3.8, 4) is 11.3 Å². The number of benzene rings is 1. The minimum atomic E-state index is -1.39. The van der Waals surface area contributed by atoms with E-state index in [2.05, 4.69) is 15.6 Å². The number of halogens is 3.